The van der Waals surface area contributed by atoms with E-state index in [1.165, 1.54) is 32.1 Å². The fraction of sp³-hybridized carbons (Fsp3) is 0.711. The van der Waals surface area contributed by atoms with Gasteiger partial charge in [0.25, 0.3) is 0 Å². The quantitative estimate of drug-likeness (QED) is 0.0278. The average Bonchev–Trinajstić information content (AvgIpc) is 3.12. The largest absolute Gasteiger partial charge is 0.462 e. The van der Waals surface area contributed by atoms with Gasteiger partial charge in [-0.05, 0) is 64.2 Å². The van der Waals surface area contributed by atoms with E-state index in [-0.39, 0.29) is 31.1 Å². The van der Waals surface area contributed by atoms with E-state index in [0.717, 1.165) is 116 Å². The van der Waals surface area contributed by atoms with E-state index in [1.54, 1.807) is 0 Å². The molecule has 0 aromatic rings. The van der Waals surface area contributed by atoms with Gasteiger partial charge < -0.3 is 14.2 Å². The van der Waals surface area contributed by atoms with E-state index in [2.05, 4.69) is 81.5 Å². The van der Waals surface area contributed by atoms with Crippen molar-refractivity contribution >= 4 is 17.9 Å². The van der Waals surface area contributed by atoms with Gasteiger partial charge in [0.2, 0.25) is 0 Å². The highest BCUT2D eigenvalue weighted by atomic mass is 16.6. The highest BCUT2D eigenvalue weighted by Gasteiger charge is 2.19. The Labute approximate surface area is 313 Å². The summed E-state index contributed by atoms with van der Waals surface area (Å²) in [5, 5.41) is 0. The normalized spacial score (nSPS) is 12.6. The lowest BCUT2D eigenvalue weighted by molar-refractivity contribution is -0.167. The van der Waals surface area contributed by atoms with Gasteiger partial charge >= 0.3 is 17.9 Å². The number of unbranched alkanes of at least 4 members (excludes halogenated alkanes) is 15. The Hall–Kier alpha value is -2.89. The molecule has 6 nitrogen and oxygen atoms in total. The van der Waals surface area contributed by atoms with Gasteiger partial charge in [-0.2, -0.15) is 0 Å². The van der Waals surface area contributed by atoms with Crippen molar-refractivity contribution in [2.75, 3.05) is 13.2 Å². The second-order valence-corrected chi connectivity index (χ2v) is 13.5. The zero-order valence-electron chi connectivity index (χ0n) is 33.1. The summed E-state index contributed by atoms with van der Waals surface area (Å²) in [6, 6.07) is 0. The molecule has 0 aliphatic rings. The molecule has 0 bridgehead atoms. The van der Waals surface area contributed by atoms with Gasteiger partial charge in [-0.25, -0.2) is 0 Å². The molecule has 0 amide bonds. The van der Waals surface area contributed by atoms with Gasteiger partial charge in [-0.3, -0.25) is 14.4 Å². The summed E-state index contributed by atoms with van der Waals surface area (Å²) in [6.07, 6.45) is 46.8. The molecule has 0 fully saturated rings. The van der Waals surface area contributed by atoms with E-state index >= 15 is 0 Å². The van der Waals surface area contributed by atoms with Crippen molar-refractivity contribution in [2.45, 2.75) is 194 Å². The summed E-state index contributed by atoms with van der Waals surface area (Å²) in [7, 11) is 0. The Morgan fingerprint density at radius 1 is 0.412 bits per heavy atom. The second-order valence-electron chi connectivity index (χ2n) is 13.5. The van der Waals surface area contributed by atoms with Gasteiger partial charge in [-0.1, -0.05) is 165 Å². The maximum absolute atomic E-state index is 12.5. The van der Waals surface area contributed by atoms with E-state index in [4.69, 9.17) is 14.2 Å². The molecule has 0 aromatic heterocycles. The molecule has 1 unspecified atom stereocenters. The third-order valence-corrected chi connectivity index (χ3v) is 8.54. The predicted molar refractivity (Wildman–Crippen MR) is 215 cm³/mol. The van der Waals surface area contributed by atoms with Crippen LogP contribution in [0.4, 0.5) is 0 Å². The van der Waals surface area contributed by atoms with Crippen molar-refractivity contribution in [3.8, 4) is 0 Å². The van der Waals surface area contributed by atoms with Crippen molar-refractivity contribution in [1.29, 1.82) is 0 Å². The molecule has 1 atom stereocenters. The van der Waals surface area contributed by atoms with Crippen LogP contribution in [0, 0.1) is 0 Å². The molecule has 292 valence electrons. The van der Waals surface area contributed by atoms with Gasteiger partial charge in [0.1, 0.15) is 13.2 Å². The van der Waals surface area contributed by atoms with Crippen LogP contribution < -0.4 is 0 Å². The molecule has 0 spiro atoms. The number of carbonyl (C=O) groups excluding carboxylic acids is 3. The molecule has 0 heterocycles. The monoisotopic (exact) mass is 713 g/mol. The maximum Gasteiger partial charge on any atom is 0.306 e. The second kappa shape index (κ2) is 39.9. The maximum atomic E-state index is 12.5. The Kier molecular flexibility index (Phi) is 37.6. The molecular weight excluding hydrogens is 636 g/mol. The van der Waals surface area contributed by atoms with Gasteiger partial charge in [0, 0.05) is 19.3 Å². The summed E-state index contributed by atoms with van der Waals surface area (Å²) in [4.78, 5) is 37.2. The van der Waals surface area contributed by atoms with Crippen LogP contribution in [0.15, 0.2) is 60.8 Å². The minimum absolute atomic E-state index is 0.0816. The third-order valence-electron chi connectivity index (χ3n) is 8.54. The first-order chi connectivity index (χ1) is 25.0. The van der Waals surface area contributed by atoms with Crippen LogP contribution >= 0.6 is 0 Å². The number of rotatable bonds is 36. The standard InChI is InChI=1S/C45H76O6/c1-4-7-10-13-15-16-17-18-19-20-21-22-23-24-25-26-27-28-30-32-35-38-44(47)50-41-42(40-49-43(46)37-34-31-12-9-6-3)51-45(48)39-36-33-29-14-11-8-5-2/h7,10,15-16,18-19,21-22,24-25,42H,4-6,8-9,11-14,17,20,23,26-41H2,1-3H3/b10-7-,16-15-,19-18-,22-21-,25-24-. The molecule has 0 N–H and O–H groups in total. The number of allylic oxidation sites excluding steroid dienone is 10. The topological polar surface area (TPSA) is 78.9 Å². The van der Waals surface area contributed by atoms with E-state index < -0.39 is 6.10 Å². The van der Waals surface area contributed by atoms with Crippen molar-refractivity contribution in [1.82, 2.24) is 0 Å². The summed E-state index contributed by atoms with van der Waals surface area (Å²) >= 11 is 0. The van der Waals surface area contributed by atoms with Gasteiger partial charge in [0.05, 0.1) is 0 Å². The number of hydrogen-bond donors (Lipinski definition) is 0. The van der Waals surface area contributed by atoms with Crippen molar-refractivity contribution in [3.05, 3.63) is 60.8 Å². The number of ether oxygens (including phenoxy) is 3. The number of esters is 3. The summed E-state index contributed by atoms with van der Waals surface area (Å²) < 4.78 is 16.5. The molecule has 0 saturated carbocycles. The van der Waals surface area contributed by atoms with Crippen LogP contribution in [-0.2, 0) is 28.6 Å². The Morgan fingerprint density at radius 2 is 0.765 bits per heavy atom. The molecule has 0 aromatic carbocycles. The summed E-state index contributed by atoms with van der Waals surface area (Å²) in [5.41, 5.74) is 0. The molecular formula is C45H76O6. The van der Waals surface area contributed by atoms with Crippen LogP contribution in [-0.4, -0.2) is 37.2 Å². The minimum Gasteiger partial charge on any atom is -0.462 e. The van der Waals surface area contributed by atoms with Crippen molar-refractivity contribution in [2.24, 2.45) is 0 Å². The lowest BCUT2D eigenvalue weighted by atomic mass is 10.1. The highest BCUT2D eigenvalue weighted by Crippen LogP contribution is 2.12. The average molecular weight is 713 g/mol. The minimum atomic E-state index is -0.772. The lowest BCUT2D eigenvalue weighted by Crippen LogP contribution is -2.30. The molecule has 6 heteroatoms. The lowest BCUT2D eigenvalue weighted by Gasteiger charge is -2.18. The van der Waals surface area contributed by atoms with Crippen molar-refractivity contribution < 1.29 is 28.6 Å². The smallest absolute Gasteiger partial charge is 0.306 e. The predicted octanol–water partition coefficient (Wildman–Crippen LogP) is 13.0. The van der Waals surface area contributed by atoms with E-state index in [0.29, 0.717) is 19.3 Å². The molecule has 0 radical (unpaired) electrons. The summed E-state index contributed by atoms with van der Waals surface area (Å²) in [6.45, 7) is 6.35. The van der Waals surface area contributed by atoms with Crippen LogP contribution in [0.5, 0.6) is 0 Å². The van der Waals surface area contributed by atoms with Crippen LogP contribution in [0.25, 0.3) is 0 Å². The first-order valence-electron chi connectivity index (χ1n) is 20.8. The van der Waals surface area contributed by atoms with Gasteiger partial charge in [0.15, 0.2) is 6.10 Å². The Balaban J connectivity index is 4.17. The van der Waals surface area contributed by atoms with Gasteiger partial charge in [-0.15, -0.1) is 0 Å². The highest BCUT2D eigenvalue weighted by molar-refractivity contribution is 5.71. The number of hydrogen-bond acceptors (Lipinski definition) is 6. The Bertz CT molecular complexity index is 960. The molecule has 0 aliphatic carbocycles. The summed E-state index contributed by atoms with van der Waals surface area (Å²) in [5.74, 6) is -0.929. The van der Waals surface area contributed by atoms with Crippen LogP contribution in [0.1, 0.15) is 188 Å². The zero-order valence-corrected chi connectivity index (χ0v) is 33.1. The van der Waals surface area contributed by atoms with Crippen LogP contribution in [0.3, 0.4) is 0 Å². The van der Waals surface area contributed by atoms with E-state index in [1.807, 2.05) is 0 Å². The molecule has 0 saturated heterocycles. The fourth-order valence-corrected chi connectivity index (χ4v) is 5.41. The first kappa shape index (κ1) is 48.1. The van der Waals surface area contributed by atoms with Crippen LogP contribution in [0.2, 0.25) is 0 Å². The Morgan fingerprint density at radius 3 is 1.20 bits per heavy atom. The molecule has 51 heavy (non-hydrogen) atoms. The zero-order chi connectivity index (χ0) is 37.3. The SMILES string of the molecule is CC/C=C\C/C=C\C/C=C\C/C=C\C/C=C\CCCCCCCC(=O)OCC(COC(=O)CCCCCCC)OC(=O)CCCCCCCCC. The number of carbonyl (C=O) groups is 3. The third kappa shape index (κ3) is 38.2. The first-order valence-corrected chi connectivity index (χ1v) is 20.8. The molecule has 0 rings (SSSR count). The fourth-order valence-electron chi connectivity index (χ4n) is 5.41. The van der Waals surface area contributed by atoms with E-state index in [9.17, 15) is 14.4 Å². The molecule has 0 aliphatic heterocycles. The van der Waals surface area contributed by atoms with Crippen molar-refractivity contribution in [3.63, 3.8) is 0 Å².